The second-order valence-corrected chi connectivity index (χ2v) is 11.6. The van der Waals surface area contributed by atoms with E-state index < -0.39 is 5.79 Å². The highest BCUT2D eigenvalue weighted by Crippen LogP contribution is 2.48. The van der Waals surface area contributed by atoms with Gasteiger partial charge in [0.2, 0.25) is 0 Å². The molecule has 34 heavy (non-hydrogen) atoms. The monoisotopic (exact) mass is 466 g/mol. The Morgan fingerprint density at radius 3 is 2.00 bits per heavy atom. The van der Waals surface area contributed by atoms with E-state index in [1.165, 1.54) is 82.7 Å². The highest BCUT2D eigenvalue weighted by atomic mass is 16.7. The van der Waals surface area contributed by atoms with Gasteiger partial charge in [0.15, 0.2) is 0 Å². The third-order valence-electron chi connectivity index (χ3n) is 8.96. The molecule has 0 radical (unpaired) electrons. The summed E-state index contributed by atoms with van der Waals surface area (Å²) in [5.74, 6) is 0.978. The number of hydrogen-bond acceptors (Lipinski definition) is 4. The van der Waals surface area contributed by atoms with Crippen LogP contribution in [0.1, 0.15) is 89.0 Å². The Labute approximate surface area is 205 Å². The SMILES string of the molecule is O=C1N(CC2CC2)c2ccc(N(CC3CCCCC3)CC3CCCCC3)cc2C12OCCCO2. The first-order valence-electron chi connectivity index (χ1n) is 14.2. The summed E-state index contributed by atoms with van der Waals surface area (Å²) in [4.78, 5) is 18.3. The van der Waals surface area contributed by atoms with Crippen molar-refractivity contribution in [2.75, 3.05) is 42.6 Å². The van der Waals surface area contributed by atoms with Crippen molar-refractivity contribution >= 4 is 17.3 Å². The number of anilines is 2. The van der Waals surface area contributed by atoms with Crippen LogP contribution in [0.15, 0.2) is 18.2 Å². The summed E-state index contributed by atoms with van der Waals surface area (Å²) in [5, 5.41) is 0. The minimum absolute atomic E-state index is 0.00244. The third kappa shape index (κ3) is 4.51. The minimum Gasteiger partial charge on any atom is -0.371 e. The average molecular weight is 467 g/mol. The summed E-state index contributed by atoms with van der Waals surface area (Å²) in [5.41, 5.74) is 3.22. The molecule has 3 saturated carbocycles. The zero-order valence-electron chi connectivity index (χ0n) is 20.8. The molecule has 186 valence electrons. The zero-order chi connectivity index (χ0) is 23.0. The number of carbonyl (C=O) groups is 1. The Morgan fingerprint density at radius 1 is 0.794 bits per heavy atom. The first kappa shape index (κ1) is 22.8. The van der Waals surface area contributed by atoms with Gasteiger partial charge in [-0.2, -0.15) is 0 Å². The molecule has 0 atom stereocenters. The van der Waals surface area contributed by atoms with Crippen LogP contribution >= 0.6 is 0 Å². The van der Waals surface area contributed by atoms with Crippen molar-refractivity contribution in [3.8, 4) is 0 Å². The fourth-order valence-corrected chi connectivity index (χ4v) is 6.82. The third-order valence-corrected chi connectivity index (χ3v) is 8.96. The van der Waals surface area contributed by atoms with Crippen LogP contribution in [0.4, 0.5) is 11.4 Å². The lowest BCUT2D eigenvalue weighted by Crippen LogP contribution is -2.47. The second-order valence-electron chi connectivity index (χ2n) is 11.6. The van der Waals surface area contributed by atoms with E-state index in [9.17, 15) is 4.79 Å². The van der Waals surface area contributed by atoms with Gasteiger partial charge < -0.3 is 19.3 Å². The van der Waals surface area contributed by atoms with Crippen LogP contribution in [0.3, 0.4) is 0 Å². The Balaban J connectivity index is 1.32. The fourth-order valence-electron chi connectivity index (χ4n) is 6.82. The Kier molecular flexibility index (Phi) is 6.59. The molecule has 0 N–H and O–H groups in total. The van der Waals surface area contributed by atoms with E-state index in [4.69, 9.17) is 9.47 Å². The van der Waals surface area contributed by atoms with Crippen LogP contribution in [0, 0.1) is 17.8 Å². The van der Waals surface area contributed by atoms with Crippen LogP contribution in [-0.4, -0.2) is 38.8 Å². The largest absolute Gasteiger partial charge is 0.371 e. The van der Waals surface area contributed by atoms with Crippen molar-refractivity contribution in [1.82, 2.24) is 0 Å². The van der Waals surface area contributed by atoms with Gasteiger partial charge in [0, 0.05) is 30.9 Å². The van der Waals surface area contributed by atoms with Crippen LogP contribution < -0.4 is 9.80 Å². The highest BCUT2D eigenvalue weighted by Gasteiger charge is 2.55. The standard InChI is InChI=1S/C29H42N2O3/c32-28-29(33-16-7-17-34-29)26-18-25(14-15-27(26)31(28)21-24-12-13-24)30(19-22-8-3-1-4-9-22)20-23-10-5-2-6-11-23/h14-15,18,22-24H,1-13,16-17,19-21H2. The molecular weight excluding hydrogens is 424 g/mol. The Bertz CT molecular complexity index is 844. The topological polar surface area (TPSA) is 42.0 Å². The fraction of sp³-hybridized carbons (Fsp3) is 0.759. The Morgan fingerprint density at radius 2 is 1.41 bits per heavy atom. The van der Waals surface area contributed by atoms with Gasteiger partial charge in [-0.15, -0.1) is 0 Å². The van der Waals surface area contributed by atoms with E-state index in [0.29, 0.717) is 19.1 Å². The smallest absolute Gasteiger partial charge is 0.292 e. The lowest BCUT2D eigenvalue weighted by Gasteiger charge is -2.36. The summed E-state index contributed by atoms with van der Waals surface area (Å²) < 4.78 is 12.4. The quantitative estimate of drug-likeness (QED) is 0.494. The van der Waals surface area contributed by atoms with Crippen molar-refractivity contribution in [3.63, 3.8) is 0 Å². The molecule has 1 amide bonds. The summed E-state index contributed by atoms with van der Waals surface area (Å²) in [6.07, 6.45) is 17.0. The minimum atomic E-state index is -1.22. The molecule has 1 saturated heterocycles. The molecule has 2 aliphatic heterocycles. The van der Waals surface area contributed by atoms with Gasteiger partial charge in [-0.05, 0) is 80.9 Å². The number of ether oxygens (including phenoxy) is 2. The normalized spacial score (nSPS) is 25.6. The van der Waals surface area contributed by atoms with Gasteiger partial charge in [0.05, 0.1) is 18.9 Å². The van der Waals surface area contributed by atoms with Gasteiger partial charge in [-0.3, -0.25) is 4.79 Å². The molecule has 1 aromatic carbocycles. The maximum atomic E-state index is 13.7. The molecule has 4 fully saturated rings. The molecule has 5 heteroatoms. The van der Waals surface area contributed by atoms with Crippen molar-refractivity contribution < 1.29 is 14.3 Å². The van der Waals surface area contributed by atoms with Crippen LogP contribution in [0.5, 0.6) is 0 Å². The zero-order valence-corrected chi connectivity index (χ0v) is 20.8. The molecular formula is C29H42N2O3. The first-order valence-corrected chi connectivity index (χ1v) is 14.2. The number of nitrogens with zero attached hydrogens (tertiary/aromatic N) is 2. The molecule has 0 unspecified atom stereocenters. The predicted molar refractivity (Wildman–Crippen MR) is 135 cm³/mol. The number of benzene rings is 1. The average Bonchev–Trinajstić information content (AvgIpc) is 3.69. The maximum Gasteiger partial charge on any atom is 0.292 e. The van der Waals surface area contributed by atoms with Gasteiger partial charge in [0.1, 0.15) is 0 Å². The number of hydrogen-bond donors (Lipinski definition) is 0. The molecule has 6 rings (SSSR count). The molecule has 1 spiro atoms. The molecule has 3 aliphatic carbocycles. The van der Waals surface area contributed by atoms with E-state index >= 15 is 0 Å². The first-order chi connectivity index (χ1) is 16.7. The van der Waals surface area contributed by atoms with E-state index in [1.807, 2.05) is 4.90 Å². The molecule has 0 aromatic heterocycles. The van der Waals surface area contributed by atoms with E-state index in [0.717, 1.165) is 49.1 Å². The van der Waals surface area contributed by atoms with E-state index in [1.54, 1.807) is 0 Å². The van der Waals surface area contributed by atoms with Crippen molar-refractivity contribution in [3.05, 3.63) is 23.8 Å². The predicted octanol–water partition coefficient (Wildman–Crippen LogP) is 6.00. The molecule has 0 bridgehead atoms. The molecule has 5 aliphatic rings. The van der Waals surface area contributed by atoms with Gasteiger partial charge in [0.25, 0.3) is 11.7 Å². The summed E-state index contributed by atoms with van der Waals surface area (Å²) in [6, 6.07) is 6.73. The van der Waals surface area contributed by atoms with E-state index in [-0.39, 0.29) is 5.91 Å². The second kappa shape index (κ2) is 9.81. The number of fused-ring (bicyclic) bond motifs is 2. The van der Waals surface area contributed by atoms with E-state index in [2.05, 4.69) is 23.1 Å². The van der Waals surface area contributed by atoms with Crippen molar-refractivity contribution in [2.24, 2.45) is 17.8 Å². The van der Waals surface area contributed by atoms with Crippen molar-refractivity contribution in [1.29, 1.82) is 0 Å². The Hall–Kier alpha value is -1.59. The van der Waals surface area contributed by atoms with Crippen molar-refractivity contribution in [2.45, 2.75) is 89.3 Å². The highest BCUT2D eigenvalue weighted by molar-refractivity contribution is 6.06. The number of amides is 1. The molecule has 5 nitrogen and oxygen atoms in total. The van der Waals surface area contributed by atoms with Crippen LogP contribution in [-0.2, 0) is 20.1 Å². The van der Waals surface area contributed by atoms with Gasteiger partial charge in [-0.1, -0.05) is 38.5 Å². The van der Waals surface area contributed by atoms with Crippen LogP contribution in [0.25, 0.3) is 0 Å². The van der Waals surface area contributed by atoms with Gasteiger partial charge >= 0.3 is 0 Å². The molecule has 1 aromatic rings. The summed E-state index contributed by atoms with van der Waals surface area (Å²) >= 11 is 0. The number of rotatable bonds is 7. The number of carbonyl (C=O) groups excluding carboxylic acids is 1. The molecule has 2 heterocycles. The summed E-state index contributed by atoms with van der Waals surface area (Å²) in [6.45, 7) is 4.25. The lowest BCUT2D eigenvalue weighted by atomic mass is 9.86. The summed E-state index contributed by atoms with van der Waals surface area (Å²) in [7, 11) is 0. The van der Waals surface area contributed by atoms with Gasteiger partial charge in [-0.25, -0.2) is 0 Å². The van der Waals surface area contributed by atoms with Crippen LogP contribution in [0.2, 0.25) is 0 Å². The lowest BCUT2D eigenvalue weighted by molar-refractivity contribution is -0.256. The maximum absolute atomic E-state index is 13.7.